The second-order valence-corrected chi connectivity index (χ2v) is 5.22. The van der Waals surface area contributed by atoms with Crippen LogP contribution in [0.15, 0.2) is 47.1 Å². The number of amides is 1. The molecule has 0 spiro atoms. The van der Waals surface area contributed by atoms with Gasteiger partial charge in [0.05, 0.1) is 12.9 Å². The lowest BCUT2D eigenvalue weighted by Crippen LogP contribution is -2.10. The minimum atomic E-state index is -0.255. The molecule has 1 N–H and O–H groups in total. The molecule has 2 rings (SSSR count). The van der Waals surface area contributed by atoms with Crippen molar-refractivity contribution < 1.29 is 13.9 Å². The topological polar surface area (TPSA) is 51.5 Å². The molecule has 1 heterocycles. The van der Waals surface area contributed by atoms with Crippen molar-refractivity contribution in [2.45, 2.75) is 39.0 Å². The van der Waals surface area contributed by atoms with Crippen LogP contribution in [-0.4, -0.2) is 12.5 Å². The van der Waals surface area contributed by atoms with Gasteiger partial charge in [-0.2, -0.15) is 0 Å². The van der Waals surface area contributed by atoms with Gasteiger partial charge >= 0.3 is 0 Å². The molecule has 0 saturated heterocycles. The van der Waals surface area contributed by atoms with E-state index in [-0.39, 0.29) is 5.91 Å². The molecule has 2 aromatic rings. The number of nitrogens with one attached hydrogen (secondary N) is 1. The van der Waals surface area contributed by atoms with E-state index in [0.717, 1.165) is 24.5 Å². The Morgan fingerprint density at radius 3 is 2.55 bits per heavy atom. The van der Waals surface area contributed by atoms with E-state index in [4.69, 9.17) is 9.15 Å². The Hall–Kier alpha value is -2.23. The number of carbonyl (C=O) groups is 1. The van der Waals surface area contributed by atoms with E-state index in [1.807, 2.05) is 24.3 Å². The zero-order chi connectivity index (χ0) is 15.6. The van der Waals surface area contributed by atoms with Gasteiger partial charge in [0, 0.05) is 5.69 Å². The van der Waals surface area contributed by atoms with Gasteiger partial charge in [0.1, 0.15) is 5.75 Å². The first kappa shape index (κ1) is 16.1. The maximum atomic E-state index is 11.8. The van der Waals surface area contributed by atoms with Crippen molar-refractivity contribution in [3.05, 3.63) is 48.4 Å². The molecule has 0 fully saturated rings. The second kappa shape index (κ2) is 8.93. The average molecular weight is 301 g/mol. The number of carbonyl (C=O) groups excluding carboxylic acids is 1. The molecule has 0 radical (unpaired) electrons. The molecule has 0 aliphatic heterocycles. The summed E-state index contributed by atoms with van der Waals surface area (Å²) in [6.45, 7) is 2.95. The van der Waals surface area contributed by atoms with Crippen LogP contribution in [0.3, 0.4) is 0 Å². The zero-order valence-electron chi connectivity index (χ0n) is 13.0. The molecule has 0 saturated carbocycles. The molecule has 4 heteroatoms. The predicted octanol–water partition coefficient (Wildman–Crippen LogP) is 4.88. The highest BCUT2D eigenvalue weighted by Gasteiger charge is 2.08. The van der Waals surface area contributed by atoms with Gasteiger partial charge in [-0.25, -0.2) is 0 Å². The van der Waals surface area contributed by atoms with E-state index in [9.17, 15) is 4.79 Å². The molecule has 0 bridgehead atoms. The van der Waals surface area contributed by atoms with Crippen molar-refractivity contribution >= 4 is 11.6 Å². The Morgan fingerprint density at radius 2 is 1.86 bits per heavy atom. The maximum absolute atomic E-state index is 11.8. The summed E-state index contributed by atoms with van der Waals surface area (Å²) in [5.74, 6) is 0.869. The Kier molecular flexibility index (Phi) is 6.55. The quantitative estimate of drug-likeness (QED) is 0.671. The van der Waals surface area contributed by atoms with Gasteiger partial charge in [-0.3, -0.25) is 4.79 Å². The van der Waals surface area contributed by atoms with E-state index in [2.05, 4.69) is 12.2 Å². The van der Waals surface area contributed by atoms with Crippen LogP contribution < -0.4 is 10.1 Å². The summed E-state index contributed by atoms with van der Waals surface area (Å²) < 4.78 is 10.7. The number of ether oxygens (including phenoxy) is 1. The largest absolute Gasteiger partial charge is 0.494 e. The van der Waals surface area contributed by atoms with Gasteiger partial charge < -0.3 is 14.5 Å². The Labute approximate surface area is 131 Å². The van der Waals surface area contributed by atoms with Gasteiger partial charge in [-0.05, 0) is 42.8 Å². The highest BCUT2D eigenvalue weighted by Crippen LogP contribution is 2.17. The van der Waals surface area contributed by atoms with Crippen molar-refractivity contribution in [1.82, 2.24) is 0 Å². The summed E-state index contributed by atoms with van der Waals surface area (Å²) in [4.78, 5) is 11.8. The lowest BCUT2D eigenvalue weighted by molar-refractivity contribution is 0.0996. The second-order valence-electron chi connectivity index (χ2n) is 5.22. The molecule has 0 aliphatic carbocycles. The van der Waals surface area contributed by atoms with E-state index >= 15 is 0 Å². The average Bonchev–Trinajstić information content (AvgIpc) is 3.07. The first-order chi connectivity index (χ1) is 10.8. The normalized spacial score (nSPS) is 10.4. The third-order valence-corrected chi connectivity index (χ3v) is 3.37. The highest BCUT2D eigenvalue weighted by atomic mass is 16.5. The van der Waals surface area contributed by atoms with Crippen molar-refractivity contribution in [3.8, 4) is 5.75 Å². The van der Waals surface area contributed by atoms with Crippen LogP contribution in [0.2, 0.25) is 0 Å². The van der Waals surface area contributed by atoms with Crippen LogP contribution in [0.5, 0.6) is 5.75 Å². The fourth-order valence-electron chi connectivity index (χ4n) is 2.13. The van der Waals surface area contributed by atoms with Crippen LogP contribution in [0, 0.1) is 0 Å². The smallest absolute Gasteiger partial charge is 0.291 e. The number of hydrogen-bond donors (Lipinski definition) is 1. The highest BCUT2D eigenvalue weighted by molar-refractivity contribution is 6.02. The monoisotopic (exact) mass is 301 g/mol. The van der Waals surface area contributed by atoms with Crippen molar-refractivity contribution in [1.29, 1.82) is 0 Å². The van der Waals surface area contributed by atoms with Gasteiger partial charge in [0.2, 0.25) is 0 Å². The number of furan rings is 1. The molecule has 0 aliphatic rings. The number of benzene rings is 1. The van der Waals surface area contributed by atoms with E-state index in [0.29, 0.717) is 5.76 Å². The molecule has 22 heavy (non-hydrogen) atoms. The summed E-state index contributed by atoms with van der Waals surface area (Å²) in [6.07, 6.45) is 7.60. The summed E-state index contributed by atoms with van der Waals surface area (Å²) in [6, 6.07) is 10.7. The third-order valence-electron chi connectivity index (χ3n) is 3.37. The summed E-state index contributed by atoms with van der Waals surface area (Å²) in [7, 11) is 0. The minimum Gasteiger partial charge on any atom is -0.494 e. The van der Waals surface area contributed by atoms with Crippen LogP contribution in [0.4, 0.5) is 5.69 Å². The fraction of sp³-hybridized carbons (Fsp3) is 0.389. The van der Waals surface area contributed by atoms with E-state index < -0.39 is 0 Å². The van der Waals surface area contributed by atoms with Gasteiger partial charge in [0.25, 0.3) is 5.91 Å². The predicted molar refractivity (Wildman–Crippen MR) is 87.4 cm³/mol. The van der Waals surface area contributed by atoms with Crippen LogP contribution >= 0.6 is 0 Å². The van der Waals surface area contributed by atoms with Gasteiger partial charge in [-0.1, -0.05) is 32.6 Å². The zero-order valence-corrected chi connectivity index (χ0v) is 13.0. The van der Waals surface area contributed by atoms with Crippen molar-refractivity contribution in [3.63, 3.8) is 0 Å². The lowest BCUT2D eigenvalue weighted by Gasteiger charge is -2.08. The molecule has 4 nitrogen and oxygen atoms in total. The van der Waals surface area contributed by atoms with Gasteiger partial charge in [-0.15, -0.1) is 0 Å². The number of unbranched alkanes of at least 4 members (excludes halogenated alkanes) is 4. The molecule has 118 valence electrons. The molecule has 1 aromatic carbocycles. The SMILES string of the molecule is CCCCCCCOc1ccc(NC(=O)c2ccco2)cc1. The van der Waals surface area contributed by atoms with Gasteiger partial charge in [0.15, 0.2) is 5.76 Å². The summed E-state index contributed by atoms with van der Waals surface area (Å²) in [5.41, 5.74) is 0.719. The number of anilines is 1. The molecule has 1 aromatic heterocycles. The Morgan fingerprint density at radius 1 is 1.09 bits per heavy atom. The number of rotatable bonds is 9. The third kappa shape index (κ3) is 5.28. The van der Waals surface area contributed by atoms with Crippen molar-refractivity contribution in [2.24, 2.45) is 0 Å². The molecule has 0 unspecified atom stereocenters. The van der Waals surface area contributed by atoms with Crippen LogP contribution in [0.25, 0.3) is 0 Å². The summed E-state index contributed by atoms with van der Waals surface area (Å²) in [5, 5.41) is 2.77. The first-order valence-corrected chi connectivity index (χ1v) is 7.87. The van der Waals surface area contributed by atoms with Crippen LogP contribution in [-0.2, 0) is 0 Å². The standard InChI is InChI=1S/C18H23NO3/c1-2-3-4-5-6-13-21-16-11-9-15(10-12-16)19-18(20)17-8-7-14-22-17/h7-12,14H,2-6,13H2,1H3,(H,19,20). The molecular formula is C18H23NO3. The molecule has 0 atom stereocenters. The molecular weight excluding hydrogens is 278 g/mol. The van der Waals surface area contributed by atoms with Crippen molar-refractivity contribution in [2.75, 3.05) is 11.9 Å². The maximum Gasteiger partial charge on any atom is 0.291 e. The molecule has 1 amide bonds. The number of hydrogen-bond acceptors (Lipinski definition) is 3. The van der Waals surface area contributed by atoms with Crippen LogP contribution in [0.1, 0.15) is 49.6 Å². The van der Waals surface area contributed by atoms with E-state index in [1.165, 1.54) is 31.9 Å². The Bertz CT molecular complexity index is 546. The fourth-order valence-corrected chi connectivity index (χ4v) is 2.13. The Balaban J connectivity index is 1.72. The van der Waals surface area contributed by atoms with E-state index in [1.54, 1.807) is 12.1 Å². The lowest BCUT2D eigenvalue weighted by atomic mass is 10.2. The minimum absolute atomic E-state index is 0.255. The first-order valence-electron chi connectivity index (χ1n) is 7.87. The summed E-state index contributed by atoms with van der Waals surface area (Å²) >= 11 is 0.